The maximum absolute atomic E-state index is 13.9. The van der Waals surface area contributed by atoms with Gasteiger partial charge < -0.3 is 18.8 Å². The first-order chi connectivity index (χ1) is 18.4. The van der Waals surface area contributed by atoms with Crippen molar-refractivity contribution in [2.75, 3.05) is 24.6 Å². The number of esters is 1. The van der Waals surface area contributed by atoms with Gasteiger partial charge in [0.25, 0.3) is 5.56 Å². The van der Waals surface area contributed by atoms with Gasteiger partial charge in [0.2, 0.25) is 0 Å². The van der Waals surface area contributed by atoms with Gasteiger partial charge in [0.1, 0.15) is 17.6 Å². The number of ether oxygens (including phenoxy) is 2. The number of carbonyl (C=O) groups excluding carboxylic acids is 1. The number of rotatable bonds is 7. The van der Waals surface area contributed by atoms with Crippen LogP contribution in [0.3, 0.4) is 0 Å². The Morgan fingerprint density at radius 3 is 2.68 bits per heavy atom. The minimum atomic E-state index is -0.733. The zero-order valence-corrected chi connectivity index (χ0v) is 23.0. The molecule has 2 aliphatic heterocycles. The molecule has 0 unspecified atom stereocenters. The minimum absolute atomic E-state index is 0.0869. The number of para-hydroxylation sites is 1. The van der Waals surface area contributed by atoms with E-state index in [0.29, 0.717) is 37.7 Å². The number of thiazole rings is 1. The van der Waals surface area contributed by atoms with Crippen molar-refractivity contribution >= 4 is 29.3 Å². The summed E-state index contributed by atoms with van der Waals surface area (Å²) < 4.78 is 19.7. The lowest BCUT2D eigenvalue weighted by Crippen LogP contribution is -2.40. The third-order valence-corrected chi connectivity index (χ3v) is 7.63. The molecule has 4 heterocycles. The Morgan fingerprint density at radius 2 is 1.95 bits per heavy atom. The highest BCUT2D eigenvalue weighted by atomic mass is 32.1. The van der Waals surface area contributed by atoms with Gasteiger partial charge in [-0.1, -0.05) is 29.5 Å². The van der Waals surface area contributed by atoms with Gasteiger partial charge in [-0.2, -0.15) is 0 Å². The number of anilines is 1. The van der Waals surface area contributed by atoms with Crippen molar-refractivity contribution in [1.82, 2.24) is 4.57 Å². The number of carbonyl (C=O) groups is 1. The summed E-state index contributed by atoms with van der Waals surface area (Å²) in [5.74, 6) is 1.54. The Balaban J connectivity index is 1.64. The molecule has 0 saturated carbocycles. The largest absolute Gasteiger partial charge is 0.491 e. The molecule has 0 radical (unpaired) electrons. The van der Waals surface area contributed by atoms with E-state index in [1.54, 1.807) is 24.5 Å². The molecule has 200 valence electrons. The maximum atomic E-state index is 13.9. The summed E-state index contributed by atoms with van der Waals surface area (Å²) in [6.07, 6.45) is 5.22. The van der Waals surface area contributed by atoms with Crippen LogP contribution >= 0.6 is 11.3 Å². The van der Waals surface area contributed by atoms with E-state index in [1.807, 2.05) is 50.2 Å². The molecule has 1 atom stereocenters. The normalized spacial score (nSPS) is 18.0. The SMILES string of the molecule is CCOC(=O)C1=C(C)N=c2sc(=Cc3ccc(N4CCCCC4)o3)c(=O)n2[C@@H]1c1ccccc1OC(C)C. The van der Waals surface area contributed by atoms with E-state index in [0.717, 1.165) is 31.8 Å². The molecule has 1 fully saturated rings. The first kappa shape index (κ1) is 26.0. The van der Waals surface area contributed by atoms with Crippen LogP contribution < -0.4 is 24.5 Å². The third-order valence-electron chi connectivity index (χ3n) is 6.65. The molecule has 38 heavy (non-hydrogen) atoms. The summed E-state index contributed by atoms with van der Waals surface area (Å²) in [6, 6.07) is 10.6. The highest BCUT2D eigenvalue weighted by Crippen LogP contribution is 2.36. The molecular weight excluding hydrogens is 502 g/mol. The van der Waals surface area contributed by atoms with Crippen molar-refractivity contribution < 1.29 is 18.7 Å². The van der Waals surface area contributed by atoms with E-state index in [-0.39, 0.29) is 18.3 Å². The molecule has 3 aromatic rings. The molecule has 0 N–H and O–H groups in total. The third kappa shape index (κ3) is 5.07. The molecule has 8 nitrogen and oxygen atoms in total. The van der Waals surface area contributed by atoms with Crippen molar-refractivity contribution in [2.24, 2.45) is 4.99 Å². The van der Waals surface area contributed by atoms with Gasteiger partial charge in [0.15, 0.2) is 10.7 Å². The van der Waals surface area contributed by atoms with Gasteiger partial charge in [-0.3, -0.25) is 9.36 Å². The summed E-state index contributed by atoms with van der Waals surface area (Å²) in [7, 11) is 0. The molecule has 1 aromatic carbocycles. The lowest BCUT2D eigenvalue weighted by molar-refractivity contribution is -0.139. The summed E-state index contributed by atoms with van der Waals surface area (Å²) in [4.78, 5) is 34.5. The topological polar surface area (TPSA) is 86.3 Å². The Bertz CT molecular complexity index is 1540. The van der Waals surface area contributed by atoms with Gasteiger partial charge in [-0.25, -0.2) is 9.79 Å². The summed E-state index contributed by atoms with van der Waals surface area (Å²) in [5.41, 5.74) is 1.31. The summed E-state index contributed by atoms with van der Waals surface area (Å²) in [5, 5.41) is 0. The zero-order chi connectivity index (χ0) is 26.8. The van der Waals surface area contributed by atoms with Crippen LogP contribution in [0.4, 0.5) is 5.88 Å². The number of allylic oxidation sites excluding steroid dienone is 1. The monoisotopic (exact) mass is 535 g/mol. The zero-order valence-electron chi connectivity index (χ0n) is 22.2. The second-order valence-corrected chi connectivity index (χ2v) is 10.7. The van der Waals surface area contributed by atoms with E-state index in [1.165, 1.54) is 17.8 Å². The van der Waals surface area contributed by atoms with Crippen LogP contribution in [0.15, 0.2) is 61.9 Å². The average molecular weight is 536 g/mol. The first-order valence-electron chi connectivity index (χ1n) is 13.2. The maximum Gasteiger partial charge on any atom is 0.338 e. The minimum Gasteiger partial charge on any atom is -0.491 e. The lowest BCUT2D eigenvalue weighted by Gasteiger charge is -2.26. The van der Waals surface area contributed by atoms with Gasteiger partial charge in [0.05, 0.1) is 28.5 Å². The van der Waals surface area contributed by atoms with Crippen molar-refractivity contribution in [3.8, 4) is 5.75 Å². The number of hydrogen-bond donors (Lipinski definition) is 0. The number of aromatic nitrogens is 1. The fourth-order valence-electron chi connectivity index (χ4n) is 4.99. The molecule has 0 aliphatic carbocycles. The molecule has 2 aliphatic rings. The first-order valence-corrected chi connectivity index (χ1v) is 14.0. The van der Waals surface area contributed by atoms with Gasteiger partial charge in [0, 0.05) is 30.8 Å². The number of piperidine rings is 1. The second-order valence-electron chi connectivity index (χ2n) is 9.73. The number of hydrogen-bond acceptors (Lipinski definition) is 8. The average Bonchev–Trinajstić information content (AvgIpc) is 3.48. The van der Waals surface area contributed by atoms with Crippen LogP contribution in [-0.2, 0) is 9.53 Å². The van der Waals surface area contributed by atoms with Crippen molar-refractivity contribution in [3.63, 3.8) is 0 Å². The molecule has 9 heteroatoms. The Kier molecular flexibility index (Phi) is 7.56. The molecule has 5 rings (SSSR count). The van der Waals surface area contributed by atoms with Gasteiger partial charge in [-0.15, -0.1) is 0 Å². The highest BCUT2D eigenvalue weighted by Gasteiger charge is 2.35. The number of furan rings is 1. The van der Waals surface area contributed by atoms with Crippen LogP contribution in [0.2, 0.25) is 0 Å². The standard InChI is InChI=1S/C29H33N3O5S/c1-5-35-28(34)25-19(4)30-29-32(26(25)21-11-7-8-12-22(21)36-18(2)3)27(33)23(38-29)17-20-13-14-24(37-20)31-15-9-6-10-16-31/h7-8,11-14,17-18,26H,5-6,9-10,15-16H2,1-4H3/t26-/m1/s1. The van der Waals surface area contributed by atoms with Crippen LogP contribution in [-0.4, -0.2) is 36.3 Å². The van der Waals surface area contributed by atoms with Gasteiger partial charge in [-0.05, 0) is 59.1 Å². The smallest absolute Gasteiger partial charge is 0.338 e. The number of nitrogens with zero attached hydrogens (tertiary/aromatic N) is 3. The van der Waals surface area contributed by atoms with Gasteiger partial charge >= 0.3 is 5.97 Å². The quantitative estimate of drug-likeness (QED) is 0.422. The Morgan fingerprint density at radius 1 is 1.18 bits per heavy atom. The van der Waals surface area contributed by atoms with Crippen molar-refractivity contribution in [1.29, 1.82) is 0 Å². The molecule has 0 amide bonds. The summed E-state index contributed by atoms with van der Waals surface area (Å²) in [6.45, 7) is 9.59. The molecule has 2 aromatic heterocycles. The van der Waals surface area contributed by atoms with Crippen molar-refractivity contribution in [3.05, 3.63) is 78.7 Å². The predicted molar refractivity (Wildman–Crippen MR) is 147 cm³/mol. The Labute approximate surface area is 225 Å². The number of benzene rings is 1. The van der Waals surface area contributed by atoms with Crippen LogP contribution in [0.5, 0.6) is 5.75 Å². The van der Waals surface area contributed by atoms with Crippen LogP contribution in [0.1, 0.15) is 64.3 Å². The summed E-state index contributed by atoms with van der Waals surface area (Å²) >= 11 is 1.28. The predicted octanol–water partition coefficient (Wildman–Crippen LogP) is 4.17. The van der Waals surface area contributed by atoms with Crippen LogP contribution in [0, 0.1) is 0 Å². The molecule has 0 spiro atoms. The van der Waals surface area contributed by atoms with Crippen LogP contribution in [0.25, 0.3) is 6.08 Å². The van der Waals surface area contributed by atoms with E-state index in [9.17, 15) is 9.59 Å². The van der Waals surface area contributed by atoms with E-state index in [2.05, 4.69) is 9.89 Å². The van der Waals surface area contributed by atoms with E-state index in [4.69, 9.17) is 13.9 Å². The molecule has 0 bridgehead atoms. The van der Waals surface area contributed by atoms with E-state index < -0.39 is 12.0 Å². The second kappa shape index (κ2) is 11.0. The Hall–Kier alpha value is -3.59. The fraction of sp³-hybridized carbons (Fsp3) is 0.414. The molecule has 1 saturated heterocycles. The molecular formula is C29H33N3O5S. The fourth-order valence-corrected chi connectivity index (χ4v) is 6.01. The number of fused-ring (bicyclic) bond motifs is 1. The lowest BCUT2D eigenvalue weighted by atomic mass is 9.95. The highest BCUT2D eigenvalue weighted by molar-refractivity contribution is 7.07. The van der Waals surface area contributed by atoms with Crippen molar-refractivity contribution in [2.45, 2.75) is 59.1 Å². The van der Waals surface area contributed by atoms with E-state index >= 15 is 0 Å².